The van der Waals surface area contributed by atoms with Gasteiger partial charge in [0.2, 0.25) is 0 Å². The van der Waals surface area contributed by atoms with Crippen molar-refractivity contribution in [2.45, 2.75) is 13.2 Å². The van der Waals surface area contributed by atoms with Crippen molar-refractivity contribution in [3.05, 3.63) is 86.6 Å². The van der Waals surface area contributed by atoms with Crippen LogP contribution in [0.15, 0.2) is 54.6 Å². The van der Waals surface area contributed by atoms with Crippen molar-refractivity contribution in [2.75, 3.05) is 5.32 Å². The quantitative estimate of drug-likeness (QED) is 0.432. The van der Waals surface area contributed by atoms with E-state index in [1.54, 1.807) is 18.2 Å². The third-order valence-corrected chi connectivity index (χ3v) is 4.75. The van der Waals surface area contributed by atoms with E-state index < -0.39 is 0 Å². The Morgan fingerprint density at radius 1 is 0.926 bits per heavy atom. The van der Waals surface area contributed by atoms with Crippen molar-refractivity contribution >= 4 is 40.5 Å². The van der Waals surface area contributed by atoms with E-state index in [2.05, 4.69) is 5.32 Å². The second-order valence-corrected chi connectivity index (χ2v) is 7.04. The molecule has 3 nitrogen and oxygen atoms in total. The number of anilines is 1. The Morgan fingerprint density at radius 2 is 1.67 bits per heavy atom. The zero-order chi connectivity index (χ0) is 19.4. The Labute approximate surface area is 171 Å². The minimum absolute atomic E-state index is 0.140. The number of rotatable bonds is 6. The third-order valence-electron chi connectivity index (χ3n) is 3.82. The summed E-state index contributed by atoms with van der Waals surface area (Å²) in [7, 11) is 0. The first kappa shape index (κ1) is 19.6. The van der Waals surface area contributed by atoms with Gasteiger partial charge in [0.25, 0.3) is 0 Å². The van der Waals surface area contributed by atoms with Gasteiger partial charge in [-0.25, -0.2) is 4.39 Å². The van der Waals surface area contributed by atoms with Crippen LogP contribution in [-0.2, 0) is 13.2 Å². The number of halogens is 4. The Bertz CT molecular complexity index is 943. The molecule has 0 aliphatic heterocycles. The standard InChI is InChI=1S/C20H15Cl3FNO2/c21-17-7-14(24)5-4-13(17)11-27-16-3-1-2-12(6-16)10-25-15-8-18(22)20(26)19(23)9-15/h1-9,25-26H,10-11H2. The number of hydrogen-bond acceptors (Lipinski definition) is 3. The first-order valence-corrected chi connectivity index (χ1v) is 9.13. The highest BCUT2D eigenvalue weighted by molar-refractivity contribution is 6.37. The van der Waals surface area contributed by atoms with Crippen molar-refractivity contribution in [3.8, 4) is 11.5 Å². The minimum Gasteiger partial charge on any atom is -0.505 e. The molecule has 140 valence electrons. The molecule has 0 unspecified atom stereocenters. The first-order chi connectivity index (χ1) is 12.9. The van der Waals surface area contributed by atoms with E-state index in [9.17, 15) is 9.50 Å². The van der Waals surface area contributed by atoms with E-state index in [0.717, 1.165) is 5.56 Å². The maximum atomic E-state index is 13.1. The number of phenolic OH excluding ortho intramolecular Hbond substituents is 1. The molecule has 0 aliphatic rings. The average Bonchev–Trinajstić information content (AvgIpc) is 2.64. The van der Waals surface area contributed by atoms with Crippen LogP contribution in [0.1, 0.15) is 11.1 Å². The lowest BCUT2D eigenvalue weighted by Gasteiger charge is -2.11. The molecule has 0 spiro atoms. The van der Waals surface area contributed by atoms with Crippen molar-refractivity contribution in [2.24, 2.45) is 0 Å². The topological polar surface area (TPSA) is 41.5 Å². The fourth-order valence-electron chi connectivity index (χ4n) is 2.42. The van der Waals surface area contributed by atoms with Gasteiger partial charge in [-0.3, -0.25) is 0 Å². The van der Waals surface area contributed by atoms with Gasteiger partial charge in [-0.2, -0.15) is 0 Å². The van der Waals surface area contributed by atoms with Crippen LogP contribution in [0, 0.1) is 5.82 Å². The van der Waals surface area contributed by atoms with Gasteiger partial charge in [-0.05, 0) is 42.0 Å². The van der Waals surface area contributed by atoms with Crippen molar-refractivity contribution < 1.29 is 14.2 Å². The lowest BCUT2D eigenvalue weighted by molar-refractivity contribution is 0.306. The molecule has 0 aliphatic carbocycles. The van der Waals surface area contributed by atoms with E-state index in [1.807, 2.05) is 24.3 Å². The molecule has 3 aromatic carbocycles. The molecule has 0 radical (unpaired) electrons. The van der Waals surface area contributed by atoms with Crippen LogP contribution in [0.5, 0.6) is 11.5 Å². The Balaban J connectivity index is 1.63. The summed E-state index contributed by atoms with van der Waals surface area (Å²) in [5.41, 5.74) is 2.36. The number of aromatic hydroxyl groups is 1. The average molecular weight is 427 g/mol. The van der Waals surface area contributed by atoms with Crippen molar-refractivity contribution in [1.82, 2.24) is 0 Å². The summed E-state index contributed by atoms with van der Waals surface area (Å²) in [4.78, 5) is 0. The smallest absolute Gasteiger partial charge is 0.152 e. The van der Waals surface area contributed by atoms with Gasteiger partial charge >= 0.3 is 0 Å². The van der Waals surface area contributed by atoms with E-state index in [4.69, 9.17) is 39.5 Å². The molecular formula is C20H15Cl3FNO2. The Hall–Kier alpha value is -2.14. The zero-order valence-electron chi connectivity index (χ0n) is 14.0. The molecule has 0 heterocycles. The fraction of sp³-hybridized carbons (Fsp3) is 0.100. The summed E-state index contributed by atoms with van der Waals surface area (Å²) in [5, 5.41) is 13.5. The van der Waals surface area contributed by atoms with Crippen LogP contribution in [0.25, 0.3) is 0 Å². The van der Waals surface area contributed by atoms with Gasteiger partial charge in [-0.1, -0.05) is 53.0 Å². The van der Waals surface area contributed by atoms with Gasteiger partial charge in [0, 0.05) is 17.8 Å². The van der Waals surface area contributed by atoms with Crippen LogP contribution in [-0.4, -0.2) is 5.11 Å². The van der Waals surface area contributed by atoms with E-state index >= 15 is 0 Å². The maximum Gasteiger partial charge on any atom is 0.152 e. The van der Waals surface area contributed by atoms with Crippen LogP contribution < -0.4 is 10.1 Å². The molecule has 7 heteroatoms. The molecule has 0 saturated heterocycles. The lowest BCUT2D eigenvalue weighted by Crippen LogP contribution is -2.01. The largest absolute Gasteiger partial charge is 0.505 e. The van der Waals surface area contributed by atoms with Gasteiger partial charge in [-0.15, -0.1) is 0 Å². The van der Waals surface area contributed by atoms with Crippen molar-refractivity contribution in [1.29, 1.82) is 0 Å². The summed E-state index contributed by atoms with van der Waals surface area (Å²) in [6, 6.07) is 14.9. The van der Waals surface area contributed by atoms with Crippen LogP contribution in [0.4, 0.5) is 10.1 Å². The summed E-state index contributed by atoms with van der Waals surface area (Å²) < 4.78 is 18.8. The van der Waals surface area contributed by atoms with E-state index in [-0.39, 0.29) is 28.2 Å². The monoisotopic (exact) mass is 425 g/mol. The molecule has 0 amide bonds. The summed E-state index contributed by atoms with van der Waals surface area (Å²) in [6.45, 7) is 0.741. The van der Waals surface area contributed by atoms with Crippen molar-refractivity contribution in [3.63, 3.8) is 0 Å². The SMILES string of the molecule is Oc1c(Cl)cc(NCc2cccc(OCc3ccc(F)cc3Cl)c2)cc1Cl. The number of hydrogen-bond donors (Lipinski definition) is 2. The number of phenols is 1. The van der Waals surface area contributed by atoms with Gasteiger partial charge in [0.05, 0.1) is 15.1 Å². The summed E-state index contributed by atoms with van der Waals surface area (Å²) in [6.07, 6.45) is 0. The van der Waals surface area contributed by atoms with E-state index in [0.29, 0.717) is 28.6 Å². The normalized spacial score (nSPS) is 10.7. The lowest BCUT2D eigenvalue weighted by atomic mass is 10.2. The molecule has 0 atom stereocenters. The highest BCUT2D eigenvalue weighted by Crippen LogP contribution is 2.34. The number of benzene rings is 3. The van der Waals surface area contributed by atoms with Crippen LogP contribution in [0.3, 0.4) is 0 Å². The highest BCUT2D eigenvalue weighted by Gasteiger charge is 2.07. The molecule has 27 heavy (non-hydrogen) atoms. The number of nitrogens with one attached hydrogen (secondary N) is 1. The Kier molecular flexibility index (Phi) is 6.32. The molecule has 0 bridgehead atoms. The highest BCUT2D eigenvalue weighted by atomic mass is 35.5. The third kappa shape index (κ3) is 5.19. The molecular weight excluding hydrogens is 412 g/mol. The van der Waals surface area contributed by atoms with Gasteiger partial charge < -0.3 is 15.2 Å². The molecule has 0 saturated carbocycles. The molecule has 3 rings (SSSR count). The predicted octanol–water partition coefficient (Wildman–Crippen LogP) is 6.68. The molecule has 2 N–H and O–H groups in total. The second kappa shape index (κ2) is 8.70. The Morgan fingerprint density at radius 3 is 2.37 bits per heavy atom. The predicted molar refractivity (Wildman–Crippen MR) is 108 cm³/mol. The van der Waals surface area contributed by atoms with Gasteiger partial charge in [0.15, 0.2) is 5.75 Å². The molecule has 0 fully saturated rings. The molecule has 0 aromatic heterocycles. The second-order valence-electron chi connectivity index (χ2n) is 5.81. The fourth-order valence-corrected chi connectivity index (χ4v) is 3.13. The summed E-state index contributed by atoms with van der Waals surface area (Å²) >= 11 is 17.9. The maximum absolute atomic E-state index is 13.1. The molecule has 3 aromatic rings. The summed E-state index contributed by atoms with van der Waals surface area (Å²) in [5.74, 6) is 0.140. The van der Waals surface area contributed by atoms with Crippen LogP contribution in [0.2, 0.25) is 15.1 Å². The number of ether oxygens (including phenoxy) is 1. The zero-order valence-corrected chi connectivity index (χ0v) is 16.2. The van der Waals surface area contributed by atoms with Crippen LogP contribution >= 0.6 is 34.8 Å². The van der Waals surface area contributed by atoms with Gasteiger partial charge in [0.1, 0.15) is 18.2 Å². The van der Waals surface area contributed by atoms with E-state index in [1.165, 1.54) is 12.1 Å². The minimum atomic E-state index is -0.383. The first-order valence-electron chi connectivity index (χ1n) is 8.00.